The van der Waals surface area contributed by atoms with Crippen LogP contribution in [0.3, 0.4) is 0 Å². The lowest BCUT2D eigenvalue weighted by Crippen LogP contribution is -2.25. The molecule has 1 aromatic carbocycles. The Hall–Kier alpha value is -2.20. The van der Waals surface area contributed by atoms with Gasteiger partial charge in [-0.1, -0.05) is 24.3 Å². The van der Waals surface area contributed by atoms with Crippen molar-refractivity contribution in [1.29, 1.82) is 0 Å². The molecule has 3 aromatic rings. The number of hydrogen-bond acceptors (Lipinski definition) is 3. The largest absolute Gasteiger partial charge is 0.351 e. The van der Waals surface area contributed by atoms with Crippen molar-refractivity contribution >= 4 is 28.1 Å². The van der Waals surface area contributed by atoms with Gasteiger partial charge in [0.05, 0.1) is 10.4 Å². The van der Waals surface area contributed by atoms with Crippen LogP contribution in [0.4, 0.5) is 0 Å². The molecule has 0 saturated heterocycles. The lowest BCUT2D eigenvalue weighted by atomic mass is 10.1. The number of nitrogens with one attached hydrogen (secondary N) is 1. The van der Waals surface area contributed by atoms with Gasteiger partial charge in [0, 0.05) is 23.0 Å². The Morgan fingerprint density at radius 2 is 2.13 bits per heavy atom. The molecule has 2 aromatic heterocycles. The lowest BCUT2D eigenvalue weighted by molar-refractivity contribution is 0.0958. The van der Waals surface area contributed by atoms with Gasteiger partial charge in [-0.05, 0) is 48.9 Å². The highest BCUT2D eigenvalue weighted by atomic mass is 32.1. The molecule has 0 saturated carbocycles. The van der Waals surface area contributed by atoms with Gasteiger partial charge in [-0.15, -0.1) is 11.3 Å². The van der Waals surface area contributed by atoms with E-state index in [4.69, 9.17) is 0 Å². The number of hydrogen-bond donors (Lipinski definition) is 1. The number of pyridine rings is 1. The fraction of sp³-hybridized carbons (Fsp3) is 0.263. The Kier molecular flexibility index (Phi) is 3.83. The summed E-state index contributed by atoms with van der Waals surface area (Å²) in [6, 6.07) is 12.3. The van der Waals surface area contributed by atoms with E-state index >= 15 is 0 Å². The Balaban J connectivity index is 1.42. The van der Waals surface area contributed by atoms with Crippen LogP contribution in [0.15, 0.2) is 42.6 Å². The second-order valence-electron chi connectivity index (χ2n) is 5.91. The molecule has 0 fully saturated rings. The van der Waals surface area contributed by atoms with Gasteiger partial charge in [0.2, 0.25) is 0 Å². The second kappa shape index (κ2) is 6.13. The van der Waals surface area contributed by atoms with Crippen LogP contribution in [-0.2, 0) is 19.3 Å². The number of aromatic nitrogens is 1. The lowest BCUT2D eigenvalue weighted by Gasteiger charge is -2.07. The van der Waals surface area contributed by atoms with Crippen LogP contribution in [0.2, 0.25) is 0 Å². The van der Waals surface area contributed by atoms with E-state index in [1.165, 1.54) is 22.4 Å². The SMILES string of the molecule is O=C(NCCc1cccc2cccnc12)c1cc2c(s1)CCC2. The normalized spacial score (nSPS) is 13.2. The average Bonchev–Trinajstić information content (AvgIpc) is 3.16. The topological polar surface area (TPSA) is 42.0 Å². The van der Waals surface area contributed by atoms with Crippen molar-refractivity contribution in [3.8, 4) is 0 Å². The Morgan fingerprint density at radius 1 is 1.22 bits per heavy atom. The van der Waals surface area contributed by atoms with E-state index < -0.39 is 0 Å². The molecule has 1 amide bonds. The van der Waals surface area contributed by atoms with Crippen LogP contribution < -0.4 is 5.32 Å². The zero-order valence-corrected chi connectivity index (χ0v) is 13.7. The van der Waals surface area contributed by atoms with Crippen molar-refractivity contribution in [3.05, 3.63) is 63.5 Å². The molecule has 2 heterocycles. The highest BCUT2D eigenvalue weighted by molar-refractivity contribution is 7.14. The molecular weight excluding hydrogens is 304 g/mol. The van der Waals surface area contributed by atoms with Gasteiger partial charge in [-0.25, -0.2) is 0 Å². The molecule has 0 aliphatic heterocycles. The number of fused-ring (bicyclic) bond motifs is 2. The number of rotatable bonds is 4. The van der Waals surface area contributed by atoms with Crippen LogP contribution in [0.1, 0.15) is 32.1 Å². The number of carbonyl (C=O) groups excluding carboxylic acids is 1. The number of carbonyl (C=O) groups is 1. The van der Waals surface area contributed by atoms with Gasteiger partial charge in [0.1, 0.15) is 0 Å². The quantitative estimate of drug-likeness (QED) is 0.795. The molecule has 0 atom stereocenters. The highest BCUT2D eigenvalue weighted by Gasteiger charge is 2.18. The van der Waals surface area contributed by atoms with Crippen molar-refractivity contribution in [1.82, 2.24) is 10.3 Å². The van der Waals surface area contributed by atoms with E-state index in [0.29, 0.717) is 6.54 Å². The maximum atomic E-state index is 12.3. The number of nitrogens with zero attached hydrogens (tertiary/aromatic N) is 1. The molecule has 116 valence electrons. The standard InChI is InChI=1S/C19H18N2OS/c22-19(17-12-15-6-2-8-16(15)23-17)21-11-9-14-5-1-4-13-7-3-10-20-18(13)14/h1,3-5,7,10,12H,2,6,8-9,11H2,(H,21,22). The fourth-order valence-electron chi connectivity index (χ4n) is 3.21. The van der Waals surface area contributed by atoms with Gasteiger partial charge >= 0.3 is 0 Å². The maximum absolute atomic E-state index is 12.3. The van der Waals surface area contributed by atoms with Crippen molar-refractivity contribution in [2.75, 3.05) is 6.54 Å². The number of amides is 1. The average molecular weight is 322 g/mol. The molecule has 4 heteroatoms. The number of benzene rings is 1. The van der Waals surface area contributed by atoms with Crippen molar-refractivity contribution in [2.24, 2.45) is 0 Å². The summed E-state index contributed by atoms with van der Waals surface area (Å²) in [6.07, 6.45) is 6.11. The molecule has 23 heavy (non-hydrogen) atoms. The van der Waals surface area contributed by atoms with E-state index in [9.17, 15) is 4.79 Å². The molecule has 0 spiro atoms. The van der Waals surface area contributed by atoms with Crippen LogP contribution in [-0.4, -0.2) is 17.4 Å². The third-order valence-corrected chi connectivity index (χ3v) is 5.60. The van der Waals surface area contributed by atoms with Crippen LogP contribution in [0.5, 0.6) is 0 Å². The van der Waals surface area contributed by atoms with E-state index in [1.54, 1.807) is 11.3 Å². The first-order valence-corrected chi connectivity index (χ1v) is 8.85. The van der Waals surface area contributed by atoms with Gasteiger partial charge < -0.3 is 5.32 Å². The molecular formula is C19H18N2OS. The third-order valence-electron chi connectivity index (χ3n) is 4.37. The first-order chi connectivity index (χ1) is 11.3. The maximum Gasteiger partial charge on any atom is 0.261 e. The summed E-state index contributed by atoms with van der Waals surface area (Å²) in [5.41, 5.74) is 3.58. The highest BCUT2D eigenvalue weighted by Crippen LogP contribution is 2.30. The second-order valence-corrected chi connectivity index (χ2v) is 7.05. The molecule has 3 nitrogen and oxygen atoms in total. The van der Waals surface area contributed by atoms with E-state index in [0.717, 1.165) is 35.0 Å². The monoisotopic (exact) mass is 322 g/mol. The van der Waals surface area contributed by atoms with Crippen LogP contribution in [0, 0.1) is 0 Å². The van der Waals surface area contributed by atoms with Crippen LogP contribution >= 0.6 is 11.3 Å². The minimum absolute atomic E-state index is 0.0533. The number of para-hydroxylation sites is 1. The van der Waals surface area contributed by atoms with Crippen LogP contribution in [0.25, 0.3) is 10.9 Å². The molecule has 1 aliphatic carbocycles. The van der Waals surface area contributed by atoms with Gasteiger partial charge in [0.25, 0.3) is 5.91 Å². The van der Waals surface area contributed by atoms with Crippen molar-refractivity contribution in [3.63, 3.8) is 0 Å². The summed E-state index contributed by atoms with van der Waals surface area (Å²) < 4.78 is 0. The van der Waals surface area contributed by atoms with Crippen molar-refractivity contribution in [2.45, 2.75) is 25.7 Å². The zero-order chi connectivity index (χ0) is 15.6. The first kappa shape index (κ1) is 14.4. The van der Waals surface area contributed by atoms with E-state index in [-0.39, 0.29) is 5.91 Å². The minimum Gasteiger partial charge on any atom is -0.351 e. The Labute approximate surface area is 139 Å². The van der Waals surface area contributed by atoms with Crippen molar-refractivity contribution < 1.29 is 4.79 Å². The molecule has 1 aliphatic rings. The van der Waals surface area contributed by atoms with Gasteiger partial charge in [-0.3, -0.25) is 9.78 Å². The predicted octanol–water partition coefficient (Wildman–Crippen LogP) is 3.76. The molecule has 0 bridgehead atoms. The molecule has 0 radical (unpaired) electrons. The number of aryl methyl sites for hydroxylation is 2. The van der Waals surface area contributed by atoms with Gasteiger partial charge in [-0.2, -0.15) is 0 Å². The molecule has 1 N–H and O–H groups in total. The predicted molar refractivity (Wildman–Crippen MR) is 94.1 cm³/mol. The minimum atomic E-state index is 0.0533. The summed E-state index contributed by atoms with van der Waals surface area (Å²) in [5, 5.41) is 4.19. The smallest absolute Gasteiger partial charge is 0.261 e. The fourth-order valence-corrected chi connectivity index (χ4v) is 4.38. The Bertz CT molecular complexity index is 842. The Morgan fingerprint density at radius 3 is 3.04 bits per heavy atom. The first-order valence-electron chi connectivity index (χ1n) is 8.04. The molecule has 0 unspecified atom stereocenters. The van der Waals surface area contributed by atoms with E-state index in [2.05, 4.69) is 34.6 Å². The third kappa shape index (κ3) is 2.86. The summed E-state index contributed by atoms with van der Waals surface area (Å²) in [4.78, 5) is 19.0. The van der Waals surface area contributed by atoms with Gasteiger partial charge in [0.15, 0.2) is 0 Å². The molecule has 4 rings (SSSR count). The summed E-state index contributed by atoms with van der Waals surface area (Å²) >= 11 is 1.65. The zero-order valence-electron chi connectivity index (χ0n) is 12.8. The summed E-state index contributed by atoms with van der Waals surface area (Å²) in [6.45, 7) is 0.636. The number of thiophene rings is 1. The van der Waals surface area contributed by atoms with E-state index in [1.807, 2.05) is 18.3 Å². The summed E-state index contributed by atoms with van der Waals surface area (Å²) in [5.74, 6) is 0.0533. The summed E-state index contributed by atoms with van der Waals surface area (Å²) in [7, 11) is 0.